The summed E-state index contributed by atoms with van der Waals surface area (Å²) >= 11 is 1.26. The molecule has 0 bridgehead atoms. The Morgan fingerprint density at radius 2 is 2.05 bits per heavy atom. The molecule has 0 radical (unpaired) electrons. The number of rotatable bonds is 5. The van der Waals surface area contributed by atoms with Crippen molar-refractivity contribution in [2.45, 2.75) is 36.9 Å². The molecule has 0 aliphatic heterocycles. The molecule has 120 valence electrons. The van der Waals surface area contributed by atoms with Crippen LogP contribution in [-0.4, -0.2) is 24.5 Å². The molecule has 2 aromatic rings. The molecule has 2 heterocycles. The first-order valence-electron chi connectivity index (χ1n) is 6.81. The molecule has 6 nitrogen and oxygen atoms in total. The Balaban J connectivity index is 2.04. The molecular weight excluding hydrogens is 322 g/mol. The summed E-state index contributed by atoms with van der Waals surface area (Å²) in [6.07, 6.45) is 2.98. The lowest BCUT2D eigenvalue weighted by atomic mass is 9.95. The van der Waals surface area contributed by atoms with E-state index in [1.54, 1.807) is 18.3 Å². The minimum Gasteiger partial charge on any atom is -0.298 e. The molecule has 0 amide bonds. The van der Waals surface area contributed by atoms with Crippen LogP contribution in [0.2, 0.25) is 0 Å². The lowest BCUT2D eigenvalue weighted by molar-refractivity contribution is 0.570. The largest absolute Gasteiger partial charge is 0.347 e. The second-order valence-electron chi connectivity index (χ2n) is 5.86. The van der Waals surface area contributed by atoms with Gasteiger partial charge in [0.25, 0.3) is 0 Å². The summed E-state index contributed by atoms with van der Waals surface area (Å²) in [5.74, 6) is 0. The fourth-order valence-corrected chi connectivity index (χ4v) is 4.23. The molecule has 1 N–H and O–H groups in total. The third kappa shape index (κ3) is 4.02. The van der Waals surface area contributed by atoms with Crippen LogP contribution >= 0.6 is 11.3 Å². The maximum Gasteiger partial charge on any atom is 0.347 e. The summed E-state index contributed by atoms with van der Waals surface area (Å²) in [7, 11) is -3.55. The SMILES string of the molecule is CC(C)(C)c1ccc(S(=O)(=O)NCCn2cccnc2=O)s1. The van der Waals surface area contributed by atoms with Crippen LogP contribution < -0.4 is 10.4 Å². The quantitative estimate of drug-likeness (QED) is 0.895. The van der Waals surface area contributed by atoms with E-state index in [1.165, 1.54) is 22.1 Å². The number of hydrogen-bond donors (Lipinski definition) is 1. The summed E-state index contributed by atoms with van der Waals surface area (Å²) in [6, 6.07) is 5.08. The van der Waals surface area contributed by atoms with Gasteiger partial charge >= 0.3 is 5.69 Å². The van der Waals surface area contributed by atoms with Crippen molar-refractivity contribution in [2.24, 2.45) is 0 Å². The van der Waals surface area contributed by atoms with Crippen molar-refractivity contribution in [3.63, 3.8) is 0 Å². The Labute approximate surface area is 133 Å². The van der Waals surface area contributed by atoms with Crippen molar-refractivity contribution in [1.82, 2.24) is 14.3 Å². The van der Waals surface area contributed by atoms with Gasteiger partial charge in [-0.15, -0.1) is 11.3 Å². The average Bonchev–Trinajstić information content (AvgIpc) is 2.91. The second kappa shape index (κ2) is 6.31. The molecule has 0 aliphatic carbocycles. The monoisotopic (exact) mass is 341 g/mol. The van der Waals surface area contributed by atoms with Crippen molar-refractivity contribution in [3.05, 3.63) is 46.0 Å². The van der Waals surface area contributed by atoms with Crippen molar-refractivity contribution in [2.75, 3.05) is 6.54 Å². The molecular formula is C14H19N3O3S2. The number of thiophene rings is 1. The molecule has 8 heteroatoms. The van der Waals surface area contributed by atoms with Gasteiger partial charge in [0.15, 0.2) is 0 Å². The molecule has 0 spiro atoms. The van der Waals surface area contributed by atoms with E-state index in [4.69, 9.17) is 0 Å². The van der Waals surface area contributed by atoms with Gasteiger partial charge in [0.2, 0.25) is 10.0 Å². The Kier molecular flexibility index (Phi) is 4.84. The Hall–Kier alpha value is -1.51. The van der Waals surface area contributed by atoms with Gasteiger partial charge in [-0.25, -0.2) is 22.9 Å². The summed E-state index contributed by atoms with van der Waals surface area (Å²) in [4.78, 5) is 16.1. The molecule has 0 atom stereocenters. The van der Waals surface area contributed by atoms with Crippen molar-refractivity contribution < 1.29 is 8.42 Å². The highest BCUT2D eigenvalue weighted by molar-refractivity contribution is 7.91. The van der Waals surface area contributed by atoms with Crippen LogP contribution in [0.1, 0.15) is 25.6 Å². The third-order valence-corrected chi connectivity index (χ3v) is 6.48. The minimum absolute atomic E-state index is 0.0819. The summed E-state index contributed by atoms with van der Waals surface area (Å²) in [5, 5.41) is 0. The van der Waals surface area contributed by atoms with Crippen molar-refractivity contribution in [1.29, 1.82) is 0 Å². The van der Waals surface area contributed by atoms with Gasteiger partial charge in [-0.1, -0.05) is 20.8 Å². The standard InChI is InChI=1S/C14H19N3O3S2/c1-14(2,3)11-5-6-12(21-11)22(19,20)16-8-10-17-9-4-7-15-13(17)18/h4-7,9,16H,8,10H2,1-3H3. The van der Waals surface area contributed by atoms with Crippen LogP contribution in [0.5, 0.6) is 0 Å². The van der Waals surface area contributed by atoms with E-state index in [9.17, 15) is 13.2 Å². The van der Waals surface area contributed by atoms with Gasteiger partial charge in [-0.3, -0.25) is 4.57 Å². The Morgan fingerprint density at radius 3 is 2.64 bits per heavy atom. The van der Waals surface area contributed by atoms with Crippen LogP contribution in [0.3, 0.4) is 0 Å². The Morgan fingerprint density at radius 1 is 1.32 bits per heavy atom. The Bertz CT molecular complexity index is 801. The summed E-state index contributed by atoms with van der Waals surface area (Å²) < 4.78 is 28.6. The second-order valence-corrected chi connectivity index (χ2v) is 8.94. The highest BCUT2D eigenvalue weighted by Gasteiger charge is 2.21. The van der Waals surface area contributed by atoms with Crippen molar-refractivity contribution >= 4 is 21.4 Å². The number of nitrogens with zero attached hydrogens (tertiary/aromatic N) is 2. The van der Waals surface area contributed by atoms with Gasteiger partial charge in [0.1, 0.15) is 4.21 Å². The average molecular weight is 341 g/mol. The lowest BCUT2D eigenvalue weighted by Gasteiger charge is -2.15. The zero-order valence-electron chi connectivity index (χ0n) is 12.7. The maximum atomic E-state index is 12.2. The lowest BCUT2D eigenvalue weighted by Crippen LogP contribution is -2.31. The minimum atomic E-state index is -3.55. The van der Waals surface area contributed by atoms with Gasteiger partial charge < -0.3 is 0 Å². The number of nitrogens with one attached hydrogen (secondary N) is 1. The van der Waals surface area contributed by atoms with Crippen LogP contribution in [0.15, 0.2) is 39.6 Å². The molecule has 0 unspecified atom stereocenters. The summed E-state index contributed by atoms with van der Waals surface area (Å²) in [5.41, 5.74) is -0.477. The molecule has 0 aliphatic rings. The number of aromatic nitrogens is 2. The predicted molar refractivity (Wildman–Crippen MR) is 86.7 cm³/mol. The normalized spacial score (nSPS) is 12.5. The number of hydrogen-bond acceptors (Lipinski definition) is 5. The predicted octanol–water partition coefficient (Wildman–Crippen LogP) is 1.58. The van der Waals surface area contributed by atoms with E-state index < -0.39 is 15.7 Å². The molecule has 2 rings (SSSR count). The van der Waals surface area contributed by atoms with Crippen LogP contribution in [0.25, 0.3) is 0 Å². The van der Waals surface area contributed by atoms with E-state index in [-0.39, 0.29) is 22.7 Å². The van der Waals surface area contributed by atoms with Crippen LogP contribution in [0, 0.1) is 0 Å². The van der Waals surface area contributed by atoms with Gasteiger partial charge in [-0.05, 0) is 23.6 Å². The summed E-state index contributed by atoms with van der Waals surface area (Å²) in [6.45, 7) is 6.49. The van der Waals surface area contributed by atoms with Gasteiger partial charge in [-0.2, -0.15) is 0 Å². The molecule has 0 aromatic carbocycles. The van der Waals surface area contributed by atoms with Crippen molar-refractivity contribution in [3.8, 4) is 0 Å². The van der Waals surface area contributed by atoms with Crippen LogP contribution in [-0.2, 0) is 22.0 Å². The van der Waals surface area contributed by atoms with E-state index in [0.717, 1.165) is 4.88 Å². The van der Waals surface area contributed by atoms with E-state index in [2.05, 4.69) is 9.71 Å². The fraction of sp³-hybridized carbons (Fsp3) is 0.429. The molecule has 22 heavy (non-hydrogen) atoms. The van der Waals surface area contributed by atoms with Gasteiger partial charge in [0, 0.05) is 30.4 Å². The highest BCUT2D eigenvalue weighted by Crippen LogP contribution is 2.31. The number of sulfonamides is 1. The third-order valence-electron chi connectivity index (χ3n) is 3.01. The van der Waals surface area contributed by atoms with E-state index in [0.29, 0.717) is 0 Å². The smallest absolute Gasteiger partial charge is 0.298 e. The molecule has 0 fully saturated rings. The maximum absolute atomic E-state index is 12.2. The molecule has 2 aromatic heterocycles. The first-order chi connectivity index (χ1) is 10.2. The molecule has 0 saturated carbocycles. The first kappa shape index (κ1) is 16.9. The topological polar surface area (TPSA) is 81.1 Å². The fourth-order valence-electron chi connectivity index (χ4n) is 1.80. The highest BCUT2D eigenvalue weighted by atomic mass is 32.2. The first-order valence-corrected chi connectivity index (χ1v) is 9.11. The zero-order chi connectivity index (χ0) is 16.4. The van der Waals surface area contributed by atoms with Gasteiger partial charge in [0.05, 0.1) is 0 Å². The van der Waals surface area contributed by atoms with E-state index in [1.807, 2.05) is 26.8 Å². The van der Waals surface area contributed by atoms with E-state index >= 15 is 0 Å². The zero-order valence-corrected chi connectivity index (χ0v) is 14.4. The van der Waals surface area contributed by atoms with Crippen LogP contribution in [0.4, 0.5) is 0 Å². The molecule has 0 saturated heterocycles.